The van der Waals surface area contributed by atoms with Gasteiger partial charge in [-0.05, 0) is 44.4 Å². The molecular formula is C16H23F3N2. The van der Waals surface area contributed by atoms with Gasteiger partial charge in [0.2, 0.25) is 0 Å². The highest BCUT2D eigenvalue weighted by Gasteiger charge is 2.37. The van der Waals surface area contributed by atoms with E-state index in [0.29, 0.717) is 13.1 Å². The second-order valence-corrected chi connectivity index (χ2v) is 5.65. The number of para-hydroxylation sites is 1. The van der Waals surface area contributed by atoms with E-state index in [0.717, 1.165) is 31.7 Å². The summed E-state index contributed by atoms with van der Waals surface area (Å²) in [5.41, 5.74) is 5.58. The molecule has 1 saturated carbocycles. The number of hydrogen-bond donors (Lipinski definition) is 1. The molecule has 1 aliphatic carbocycles. The number of anilines is 1. The first-order chi connectivity index (χ1) is 9.99. The third-order valence-corrected chi connectivity index (χ3v) is 4.43. The summed E-state index contributed by atoms with van der Waals surface area (Å²) in [5.74, 6) is 0.278. The van der Waals surface area contributed by atoms with Gasteiger partial charge in [0.15, 0.2) is 0 Å². The van der Waals surface area contributed by atoms with E-state index >= 15 is 0 Å². The summed E-state index contributed by atoms with van der Waals surface area (Å²) >= 11 is 0. The molecule has 2 rings (SSSR count). The van der Waals surface area contributed by atoms with Gasteiger partial charge < -0.3 is 10.6 Å². The Balaban J connectivity index is 2.37. The first-order valence-electron chi connectivity index (χ1n) is 7.62. The van der Waals surface area contributed by atoms with Crippen LogP contribution in [0.1, 0.15) is 38.2 Å². The van der Waals surface area contributed by atoms with Crippen molar-refractivity contribution in [1.29, 1.82) is 0 Å². The molecule has 0 bridgehead atoms. The lowest BCUT2D eigenvalue weighted by molar-refractivity contribution is -0.137. The van der Waals surface area contributed by atoms with Crippen molar-refractivity contribution in [2.75, 3.05) is 18.0 Å². The van der Waals surface area contributed by atoms with Crippen molar-refractivity contribution in [3.05, 3.63) is 29.8 Å². The van der Waals surface area contributed by atoms with Crippen molar-refractivity contribution in [1.82, 2.24) is 0 Å². The monoisotopic (exact) mass is 300 g/mol. The van der Waals surface area contributed by atoms with Crippen LogP contribution in [-0.4, -0.2) is 19.1 Å². The lowest BCUT2D eigenvalue weighted by atomic mass is 9.83. The first kappa shape index (κ1) is 16.1. The minimum absolute atomic E-state index is 0.109. The van der Waals surface area contributed by atoms with Crippen molar-refractivity contribution < 1.29 is 13.2 Å². The van der Waals surface area contributed by atoms with Gasteiger partial charge in [-0.25, -0.2) is 0 Å². The fraction of sp³-hybridized carbons (Fsp3) is 0.625. The Hall–Kier alpha value is -1.23. The molecular weight excluding hydrogens is 277 g/mol. The number of alkyl halides is 3. The third kappa shape index (κ3) is 3.51. The second kappa shape index (κ2) is 6.69. The summed E-state index contributed by atoms with van der Waals surface area (Å²) < 4.78 is 39.7. The molecule has 0 saturated heterocycles. The van der Waals surface area contributed by atoms with Crippen molar-refractivity contribution >= 4 is 5.69 Å². The summed E-state index contributed by atoms with van der Waals surface area (Å²) in [6.07, 6.45) is -0.215. The molecule has 1 aromatic rings. The molecule has 0 aliphatic heterocycles. The normalized spacial score (nSPS) is 23.1. The summed E-state index contributed by atoms with van der Waals surface area (Å²) in [7, 11) is 0. The Morgan fingerprint density at radius 3 is 2.48 bits per heavy atom. The largest absolute Gasteiger partial charge is 0.418 e. The van der Waals surface area contributed by atoms with Crippen LogP contribution in [0, 0.1) is 5.92 Å². The Morgan fingerprint density at radius 2 is 1.86 bits per heavy atom. The number of nitrogens with two attached hydrogens (primary N) is 1. The molecule has 1 aromatic carbocycles. The van der Waals surface area contributed by atoms with Gasteiger partial charge in [0, 0.05) is 18.3 Å². The lowest BCUT2D eigenvalue weighted by Gasteiger charge is -2.41. The maximum Gasteiger partial charge on any atom is 0.418 e. The minimum Gasteiger partial charge on any atom is -0.368 e. The van der Waals surface area contributed by atoms with Crippen LogP contribution in [0.3, 0.4) is 0 Å². The van der Waals surface area contributed by atoms with E-state index in [1.807, 2.05) is 11.8 Å². The zero-order valence-corrected chi connectivity index (χ0v) is 12.4. The van der Waals surface area contributed by atoms with Gasteiger partial charge in [0.05, 0.1) is 5.56 Å². The van der Waals surface area contributed by atoms with E-state index in [2.05, 4.69) is 0 Å². The number of benzene rings is 1. The maximum absolute atomic E-state index is 13.2. The highest BCUT2D eigenvalue weighted by atomic mass is 19.4. The minimum atomic E-state index is -4.32. The zero-order chi connectivity index (χ0) is 15.5. The van der Waals surface area contributed by atoms with E-state index in [-0.39, 0.29) is 17.6 Å². The Labute approximate surface area is 124 Å². The second-order valence-electron chi connectivity index (χ2n) is 5.65. The van der Waals surface area contributed by atoms with Crippen LogP contribution in [0.5, 0.6) is 0 Å². The van der Waals surface area contributed by atoms with Crippen molar-refractivity contribution in [2.45, 2.75) is 44.8 Å². The van der Waals surface area contributed by atoms with Gasteiger partial charge in [0.25, 0.3) is 0 Å². The highest BCUT2D eigenvalue weighted by Crippen LogP contribution is 2.39. The van der Waals surface area contributed by atoms with E-state index in [1.54, 1.807) is 12.1 Å². The fourth-order valence-corrected chi connectivity index (χ4v) is 3.42. The first-order valence-corrected chi connectivity index (χ1v) is 7.62. The van der Waals surface area contributed by atoms with E-state index in [4.69, 9.17) is 5.73 Å². The Bertz CT molecular complexity index is 459. The van der Waals surface area contributed by atoms with Gasteiger partial charge in [-0.1, -0.05) is 25.0 Å². The van der Waals surface area contributed by atoms with Crippen LogP contribution in [0.15, 0.2) is 24.3 Å². The van der Waals surface area contributed by atoms with Crippen molar-refractivity contribution in [3.8, 4) is 0 Å². The Morgan fingerprint density at radius 1 is 1.19 bits per heavy atom. The highest BCUT2D eigenvalue weighted by molar-refractivity contribution is 5.56. The van der Waals surface area contributed by atoms with E-state index < -0.39 is 11.7 Å². The van der Waals surface area contributed by atoms with Gasteiger partial charge in [-0.2, -0.15) is 13.2 Å². The fourth-order valence-electron chi connectivity index (χ4n) is 3.42. The predicted molar refractivity (Wildman–Crippen MR) is 79.3 cm³/mol. The quantitative estimate of drug-likeness (QED) is 0.909. The van der Waals surface area contributed by atoms with Crippen LogP contribution in [0.2, 0.25) is 0 Å². The molecule has 2 atom stereocenters. The summed E-state index contributed by atoms with van der Waals surface area (Å²) in [6.45, 7) is 3.01. The predicted octanol–water partition coefficient (Wildman–Crippen LogP) is 4.05. The number of halogens is 3. The molecule has 0 radical (unpaired) electrons. The molecule has 5 heteroatoms. The van der Waals surface area contributed by atoms with Crippen molar-refractivity contribution in [3.63, 3.8) is 0 Å². The number of nitrogens with zero attached hydrogens (tertiary/aromatic N) is 1. The molecule has 118 valence electrons. The number of hydrogen-bond acceptors (Lipinski definition) is 2. The topological polar surface area (TPSA) is 29.3 Å². The maximum atomic E-state index is 13.2. The molecule has 0 heterocycles. The Kier molecular flexibility index (Phi) is 5.14. The van der Waals surface area contributed by atoms with Crippen LogP contribution < -0.4 is 10.6 Å². The average Bonchev–Trinajstić information content (AvgIpc) is 2.48. The molecule has 2 N–H and O–H groups in total. The molecule has 0 aromatic heterocycles. The van der Waals surface area contributed by atoms with Gasteiger partial charge in [0.1, 0.15) is 0 Å². The third-order valence-electron chi connectivity index (χ3n) is 4.43. The molecule has 2 nitrogen and oxygen atoms in total. The van der Waals surface area contributed by atoms with Crippen molar-refractivity contribution in [2.24, 2.45) is 11.7 Å². The van der Waals surface area contributed by atoms with Crippen LogP contribution in [-0.2, 0) is 6.18 Å². The summed E-state index contributed by atoms with van der Waals surface area (Å²) in [6, 6.07) is 5.97. The van der Waals surface area contributed by atoms with Gasteiger partial charge in [-0.3, -0.25) is 0 Å². The van der Waals surface area contributed by atoms with E-state index in [1.165, 1.54) is 6.07 Å². The number of rotatable bonds is 4. The van der Waals surface area contributed by atoms with Crippen LogP contribution in [0.25, 0.3) is 0 Å². The molecule has 21 heavy (non-hydrogen) atoms. The summed E-state index contributed by atoms with van der Waals surface area (Å²) in [5, 5.41) is 0. The van der Waals surface area contributed by atoms with Crippen LogP contribution in [0.4, 0.5) is 18.9 Å². The summed E-state index contributed by atoms with van der Waals surface area (Å²) in [4.78, 5) is 1.90. The standard InChI is InChI=1S/C16H23F3N2/c1-2-21(14-9-5-3-7-12(14)11-20)15-10-6-4-8-13(15)16(17,18)19/h4,6,8,10,12,14H,2-3,5,7,9,11,20H2,1H3. The molecule has 1 aliphatic rings. The zero-order valence-electron chi connectivity index (χ0n) is 12.4. The SMILES string of the molecule is CCN(c1ccccc1C(F)(F)F)C1CCCCC1CN. The van der Waals surface area contributed by atoms with Crippen LogP contribution >= 0.6 is 0 Å². The average molecular weight is 300 g/mol. The molecule has 1 fully saturated rings. The molecule has 0 spiro atoms. The van der Waals surface area contributed by atoms with Gasteiger partial charge >= 0.3 is 6.18 Å². The van der Waals surface area contributed by atoms with E-state index in [9.17, 15) is 13.2 Å². The smallest absolute Gasteiger partial charge is 0.368 e. The molecule has 2 unspecified atom stereocenters. The van der Waals surface area contributed by atoms with Gasteiger partial charge in [-0.15, -0.1) is 0 Å². The molecule has 0 amide bonds. The lowest BCUT2D eigenvalue weighted by Crippen LogP contribution is -2.45.